The fourth-order valence-corrected chi connectivity index (χ4v) is 0.556. The second kappa shape index (κ2) is 4.91. The first kappa shape index (κ1) is 9.08. The minimum Gasteiger partial charge on any atom is -0.400 e. The fourth-order valence-electron chi connectivity index (χ4n) is 0.556. The smallest absolute Gasteiger partial charge is 0.0501 e. The molecular formula is C8H16N2. The zero-order valence-electron chi connectivity index (χ0n) is 6.72. The molecule has 10 heavy (non-hydrogen) atoms. The second-order valence-corrected chi connectivity index (χ2v) is 2.14. The lowest BCUT2D eigenvalue weighted by Gasteiger charge is -1.98. The topological polar surface area (TPSA) is 52.0 Å². The van der Waals surface area contributed by atoms with Gasteiger partial charge >= 0.3 is 0 Å². The monoisotopic (exact) mass is 140 g/mol. The van der Waals surface area contributed by atoms with Gasteiger partial charge in [0.05, 0.1) is 5.70 Å². The molecule has 0 saturated carbocycles. The first-order valence-corrected chi connectivity index (χ1v) is 3.63. The van der Waals surface area contributed by atoms with Crippen molar-refractivity contribution in [1.29, 1.82) is 0 Å². The molecule has 58 valence electrons. The number of nitrogens with two attached hydrogens (primary N) is 2. The van der Waals surface area contributed by atoms with Crippen LogP contribution in [-0.2, 0) is 0 Å². The van der Waals surface area contributed by atoms with Gasteiger partial charge in [0.15, 0.2) is 0 Å². The summed E-state index contributed by atoms with van der Waals surface area (Å²) in [5, 5.41) is 0. The molecule has 2 heteroatoms. The number of hydrogen-bond donors (Lipinski definition) is 2. The Morgan fingerprint density at radius 1 is 1.30 bits per heavy atom. The van der Waals surface area contributed by atoms with Crippen LogP contribution in [0.25, 0.3) is 0 Å². The van der Waals surface area contributed by atoms with E-state index in [1.165, 1.54) is 0 Å². The van der Waals surface area contributed by atoms with Gasteiger partial charge in [-0.25, -0.2) is 0 Å². The molecule has 0 unspecified atom stereocenters. The van der Waals surface area contributed by atoms with Crippen molar-refractivity contribution >= 4 is 0 Å². The Balaban J connectivity index is 4.04. The molecule has 0 spiro atoms. The van der Waals surface area contributed by atoms with E-state index < -0.39 is 0 Å². The van der Waals surface area contributed by atoms with E-state index in [1.807, 2.05) is 19.1 Å². The van der Waals surface area contributed by atoms with Crippen LogP contribution in [0.3, 0.4) is 0 Å². The molecular weight excluding hydrogens is 124 g/mol. The highest BCUT2D eigenvalue weighted by Crippen LogP contribution is 1.97. The van der Waals surface area contributed by atoms with Crippen LogP contribution in [0.15, 0.2) is 23.5 Å². The van der Waals surface area contributed by atoms with Crippen LogP contribution in [-0.4, -0.2) is 0 Å². The van der Waals surface area contributed by atoms with Gasteiger partial charge in [-0.05, 0) is 18.9 Å². The quantitative estimate of drug-likeness (QED) is 0.583. The zero-order chi connectivity index (χ0) is 7.98. The molecule has 0 heterocycles. The maximum atomic E-state index is 5.58. The molecule has 0 aromatic carbocycles. The van der Waals surface area contributed by atoms with Crippen molar-refractivity contribution in [3.05, 3.63) is 23.5 Å². The molecule has 0 atom stereocenters. The fraction of sp³-hybridized carbons (Fsp3) is 0.500. The third kappa shape index (κ3) is 3.17. The van der Waals surface area contributed by atoms with Gasteiger partial charge in [-0.1, -0.05) is 19.9 Å². The highest BCUT2D eigenvalue weighted by atomic mass is 14.7. The second-order valence-electron chi connectivity index (χ2n) is 2.14. The SMILES string of the molecule is CC/C=C\C(N)=C(\N)CC. The lowest BCUT2D eigenvalue weighted by Crippen LogP contribution is -2.06. The van der Waals surface area contributed by atoms with E-state index in [2.05, 4.69) is 6.92 Å². The molecule has 0 aromatic rings. The first-order chi connectivity index (χ1) is 4.72. The maximum Gasteiger partial charge on any atom is 0.0501 e. The Bertz CT molecular complexity index is 145. The lowest BCUT2D eigenvalue weighted by molar-refractivity contribution is 1.03. The van der Waals surface area contributed by atoms with E-state index in [1.54, 1.807) is 0 Å². The first-order valence-electron chi connectivity index (χ1n) is 3.63. The Morgan fingerprint density at radius 2 is 1.90 bits per heavy atom. The van der Waals surface area contributed by atoms with Gasteiger partial charge in [-0.3, -0.25) is 0 Å². The number of hydrogen-bond acceptors (Lipinski definition) is 2. The summed E-state index contributed by atoms with van der Waals surface area (Å²) in [7, 11) is 0. The van der Waals surface area contributed by atoms with Gasteiger partial charge in [-0.15, -0.1) is 0 Å². The third-order valence-electron chi connectivity index (χ3n) is 1.28. The molecule has 0 amide bonds. The van der Waals surface area contributed by atoms with Crippen LogP contribution >= 0.6 is 0 Å². The van der Waals surface area contributed by atoms with Crippen LogP contribution in [0.2, 0.25) is 0 Å². The summed E-state index contributed by atoms with van der Waals surface area (Å²) in [5.41, 5.74) is 12.6. The van der Waals surface area contributed by atoms with Gasteiger partial charge in [-0.2, -0.15) is 0 Å². The molecule has 4 N–H and O–H groups in total. The Morgan fingerprint density at radius 3 is 2.30 bits per heavy atom. The highest BCUT2D eigenvalue weighted by molar-refractivity contribution is 5.19. The summed E-state index contributed by atoms with van der Waals surface area (Å²) in [5.74, 6) is 0. The molecule has 0 aliphatic heterocycles. The predicted octanol–water partition coefficient (Wildman–Crippen LogP) is 1.49. The molecule has 0 saturated heterocycles. The van der Waals surface area contributed by atoms with Crippen LogP contribution in [0.4, 0.5) is 0 Å². The summed E-state index contributed by atoms with van der Waals surface area (Å²) >= 11 is 0. The Kier molecular flexibility index (Phi) is 4.46. The number of rotatable bonds is 3. The van der Waals surface area contributed by atoms with Crippen molar-refractivity contribution in [2.75, 3.05) is 0 Å². The van der Waals surface area contributed by atoms with Gasteiger partial charge in [0.25, 0.3) is 0 Å². The molecule has 0 bridgehead atoms. The Hall–Kier alpha value is -0.920. The third-order valence-corrected chi connectivity index (χ3v) is 1.28. The minimum atomic E-state index is 0.698. The van der Waals surface area contributed by atoms with Crippen molar-refractivity contribution in [2.45, 2.75) is 26.7 Å². The summed E-state index contributed by atoms with van der Waals surface area (Å²) < 4.78 is 0. The van der Waals surface area contributed by atoms with E-state index in [0.717, 1.165) is 18.5 Å². The van der Waals surface area contributed by atoms with Gasteiger partial charge in [0.1, 0.15) is 0 Å². The highest BCUT2D eigenvalue weighted by Gasteiger charge is 1.88. The molecule has 0 aliphatic rings. The van der Waals surface area contributed by atoms with E-state index in [-0.39, 0.29) is 0 Å². The van der Waals surface area contributed by atoms with Crippen molar-refractivity contribution in [2.24, 2.45) is 11.5 Å². The minimum absolute atomic E-state index is 0.698. The van der Waals surface area contributed by atoms with Crippen LogP contribution in [0, 0.1) is 0 Å². The molecule has 0 rings (SSSR count). The van der Waals surface area contributed by atoms with E-state index >= 15 is 0 Å². The predicted molar refractivity (Wildman–Crippen MR) is 45.1 cm³/mol. The van der Waals surface area contributed by atoms with Gasteiger partial charge in [0, 0.05) is 5.70 Å². The van der Waals surface area contributed by atoms with Gasteiger partial charge in [0.2, 0.25) is 0 Å². The van der Waals surface area contributed by atoms with Crippen molar-refractivity contribution in [3.63, 3.8) is 0 Å². The van der Waals surface area contributed by atoms with Crippen molar-refractivity contribution in [3.8, 4) is 0 Å². The summed E-state index contributed by atoms with van der Waals surface area (Å²) in [6, 6.07) is 0. The Labute approximate surface area is 62.6 Å². The van der Waals surface area contributed by atoms with E-state index in [9.17, 15) is 0 Å². The molecule has 0 radical (unpaired) electrons. The largest absolute Gasteiger partial charge is 0.400 e. The van der Waals surface area contributed by atoms with Crippen molar-refractivity contribution < 1.29 is 0 Å². The van der Waals surface area contributed by atoms with Crippen molar-refractivity contribution in [1.82, 2.24) is 0 Å². The van der Waals surface area contributed by atoms with Crippen LogP contribution < -0.4 is 11.5 Å². The standard InChI is InChI=1S/C8H16N2/c1-3-5-6-8(10)7(9)4-2/h5-6H,3-4,9-10H2,1-2H3/b6-5-,8-7-. The lowest BCUT2D eigenvalue weighted by atomic mass is 10.2. The summed E-state index contributed by atoms with van der Waals surface area (Å²) in [6.07, 6.45) is 5.67. The normalized spacial score (nSPS) is 13.8. The van der Waals surface area contributed by atoms with E-state index in [0.29, 0.717) is 5.70 Å². The molecule has 0 fully saturated rings. The molecule has 2 nitrogen and oxygen atoms in total. The number of allylic oxidation sites excluding steroid dienone is 3. The summed E-state index contributed by atoms with van der Waals surface area (Å²) in [4.78, 5) is 0. The van der Waals surface area contributed by atoms with E-state index in [4.69, 9.17) is 11.5 Å². The van der Waals surface area contributed by atoms with Crippen LogP contribution in [0.1, 0.15) is 26.7 Å². The average molecular weight is 140 g/mol. The zero-order valence-corrected chi connectivity index (χ0v) is 6.72. The molecule has 0 aromatic heterocycles. The maximum absolute atomic E-state index is 5.58. The van der Waals surface area contributed by atoms with Crippen LogP contribution in [0.5, 0.6) is 0 Å². The summed E-state index contributed by atoms with van der Waals surface area (Å²) in [6.45, 7) is 4.05. The average Bonchev–Trinajstić information content (AvgIpc) is 1.98. The molecule has 0 aliphatic carbocycles. The van der Waals surface area contributed by atoms with Gasteiger partial charge < -0.3 is 11.5 Å².